The number of furan rings is 1. The molecule has 0 unspecified atom stereocenters. The van der Waals surface area contributed by atoms with Crippen molar-refractivity contribution in [3.63, 3.8) is 0 Å². The molecule has 1 saturated heterocycles. The summed E-state index contributed by atoms with van der Waals surface area (Å²) in [6.07, 6.45) is 5.26. The standard InChI is InChI=1S/C27H27N3O4/c1-28(17-19-7-10-21(11-8-19)29-13-3-2-4-14-29)25(31)20-9-12-23-24(16-20)27(33)30(26(23)32)18-22-6-5-15-34-22/h5-12,15-16H,2-4,13-14,17-18H2,1H3. The number of nitrogens with zero attached hydrogens (tertiary/aromatic N) is 3. The lowest BCUT2D eigenvalue weighted by atomic mass is 10.0. The number of amides is 3. The quantitative estimate of drug-likeness (QED) is 0.515. The Labute approximate surface area is 198 Å². The van der Waals surface area contributed by atoms with Gasteiger partial charge in [-0.2, -0.15) is 0 Å². The highest BCUT2D eigenvalue weighted by Crippen LogP contribution is 2.27. The molecule has 2 aromatic carbocycles. The first-order chi connectivity index (χ1) is 16.5. The van der Waals surface area contributed by atoms with Crippen molar-refractivity contribution in [2.45, 2.75) is 32.4 Å². The fraction of sp³-hybridized carbons (Fsp3) is 0.296. The molecule has 2 aliphatic heterocycles. The molecule has 0 bridgehead atoms. The number of carbonyl (C=O) groups excluding carboxylic acids is 3. The van der Waals surface area contributed by atoms with Crippen LogP contribution in [0.1, 0.15) is 61.7 Å². The van der Waals surface area contributed by atoms with Crippen LogP contribution in [0.15, 0.2) is 65.3 Å². The minimum Gasteiger partial charge on any atom is -0.467 e. The Hall–Kier alpha value is -3.87. The number of piperidine rings is 1. The van der Waals surface area contributed by atoms with E-state index in [4.69, 9.17) is 4.42 Å². The zero-order valence-corrected chi connectivity index (χ0v) is 19.2. The van der Waals surface area contributed by atoms with Crippen molar-refractivity contribution < 1.29 is 18.8 Å². The minimum atomic E-state index is -0.415. The zero-order chi connectivity index (χ0) is 23.7. The van der Waals surface area contributed by atoms with Gasteiger partial charge in [0.25, 0.3) is 17.7 Å². The molecular formula is C27H27N3O4. The Bertz CT molecular complexity index is 1210. The van der Waals surface area contributed by atoms with E-state index in [2.05, 4.69) is 29.2 Å². The van der Waals surface area contributed by atoms with E-state index >= 15 is 0 Å². The molecule has 2 aliphatic rings. The summed E-state index contributed by atoms with van der Waals surface area (Å²) in [6, 6.07) is 16.5. The number of rotatable bonds is 6. The Kier molecular flexibility index (Phi) is 5.92. The molecule has 1 aromatic heterocycles. The smallest absolute Gasteiger partial charge is 0.261 e. The third kappa shape index (κ3) is 4.21. The van der Waals surface area contributed by atoms with Gasteiger partial charge in [-0.05, 0) is 67.3 Å². The number of benzene rings is 2. The summed E-state index contributed by atoms with van der Waals surface area (Å²) < 4.78 is 5.27. The topological polar surface area (TPSA) is 74.1 Å². The number of fused-ring (bicyclic) bond motifs is 1. The summed E-state index contributed by atoms with van der Waals surface area (Å²) in [5, 5.41) is 0. The van der Waals surface area contributed by atoms with Gasteiger partial charge in [-0.15, -0.1) is 0 Å². The summed E-state index contributed by atoms with van der Waals surface area (Å²) in [4.78, 5) is 43.8. The number of hydrogen-bond donors (Lipinski definition) is 0. The average Bonchev–Trinajstić information content (AvgIpc) is 3.47. The molecule has 3 aromatic rings. The summed E-state index contributed by atoms with van der Waals surface area (Å²) >= 11 is 0. The van der Waals surface area contributed by atoms with Gasteiger partial charge in [0.1, 0.15) is 5.76 Å². The second-order valence-corrected chi connectivity index (χ2v) is 8.91. The lowest BCUT2D eigenvalue weighted by Crippen LogP contribution is -2.29. The first kappa shape index (κ1) is 21.9. The van der Waals surface area contributed by atoms with E-state index in [0.29, 0.717) is 23.4 Å². The van der Waals surface area contributed by atoms with Crippen molar-refractivity contribution in [3.05, 3.63) is 88.9 Å². The predicted octanol–water partition coefficient (Wildman–Crippen LogP) is 4.34. The molecule has 7 heteroatoms. The van der Waals surface area contributed by atoms with Gasteiger partial charge < -0.3 is 14.2 Å². The molecule has 0 N–H and O–H groups in total. The van der Waals surface area contributed by atoms with Crippen molar-refractivity contribution in [2.24, 2.45) is 0 Å². The molecule has 1 fully saturated rings. The van der Waals surface area contributed by atoms with Gasteiger partial charge in [0, 0.05) is 37.9 Å². The fourth-order valence-corrected chi connectivity index (χ4v) is 4.66. The number of hydrogen-bond acceptors (Lipinski definition) is 5. The zero-order valence-electron chi connectivity index (χ0n) is 19.2. The van der Waals surface area contributed by atoms with E-state index in [1.54, 1.807) is 36.2 Å². The molecule has 3 heterocycles. The molecule has 0 spiro atoms. The fourth-order valence-electron chi connectivity index (χ4n) is 4.66. The molecule has 0 aliphatic carbocycles. The Morgan fingerprint density at radius 2 is 1.68 bits per heavy atom. The predicted molar refractivity (Wildman–Crippen MR) is 128 cm³/mol. The van der Waals surface area contributed by atoms with Crippen LogP contribution in [0, 0.1) is 0 Å². The van der Waals surface area contributed by atoms with Gasteiger partial charge >= 0.3 is 0 Å². The lowest BCUT2D eigenvalue weighted by molar-refractivity contribution is 0.0631. The van der Waals surface area contributed by atoms with Crippen LogP contribution < -0.4 is 4.90 Å². The first-order valence-electron chi connectivity index (χ1n) is 11.6. The summed E-state index contributed by atoms with van der Waals surface area (Å²) in [7, 11) is 1.74. The van der Waals surface area contributed by atoms with Crippen molar-refractivity contribution in [3.8, 4) is 0 Å². The highest BCUT2D eigenvalue weighted by molar-refractivity contribution is 6.22. The van der Waals surface area contributed by atoms with Crippen LogP contribution in [0.25, 0.3) is 0 Å². The van der Waals surface area contributed by atoms with Crippen LogP contribution in [0.3, 0.4) is 0 Å². The third-order valence-corrected chi connectivity index (χ3v) is 6.54. The van der Waals surface area contributed by atoms with E-state index in [0.717, 1.165) is 23.6 Å². The molecule has 7 nitrogen and oxygen atoms in total. The third-order valence-electron chi connectivity index (χ3n) is 6.54. The monoisotopic (exact) mass is 457 g/mol. The molecule has 174 valence electrons. The van der Waals surface area contributed by atoms with Crippen LogP contribution in [-0.4, -0.2) is 47.7 Å². The number of imide groups is 1. The molecular weight excluding hydrogens is 430 g/mol. The van der Waals surface area contributed by atoms with Gasteiger partial charge in [0.05, 0.1) is 23.9 Å². The summed E-state index contributed by atoms with van der Waals surface area (Å²) in [5.74, 6) is -0.468. The largest absolute Gasteiger partial charge is 0.467 e. The molecule has 0 atom stereocenters. The molecule has 5 rings (SSSR count). The van der Waals surface area contributed by atoms with E-state index in [-0.39, 0.29) is 23.9 Å². The van der Waals surface area contributed by atoms with E-state index < -0.39 is 5.91 Å². The maximum atomic E-state index is 13.1. The van der Waals surface area contributed by atoms with E-state index in [1.165, 1.54) is 37.3 Å². The van der Waals surface area contributed by atoms with Crippen LogP contribution >= 0.6 is 0 Å². The van der Waals surface area contributed by atoms with E-state index in [9.17, 15) is 14.4 Å². The average molecular weight is 458 g/mol. The SMILES string of the molecule is CN(Cc1ccc(N2CCCCC2)cc1)C(=O)c1ccc2c(c1)C(=O)N(Cc1ccco1)C2=O. The molecule has 0 saturated carbocycles. The van der Waals surface area contributed by atoms with Crippen molar-refractivity contribution in [1.29, 1.82) is 0 Å². The summed E-state index contributed by atoms with van der Waals surface area (Å²) in [6.45, 7) is 2.70. The molecule has 3 amide bonds. The number of carbonyl (C=O) groups is 3. The van der Waals surface area contributed by atoms with Gasteiger partial charge in [-0.25, -0.2) is 0 Å². The Morgan fingerprint density at radius 3 is 2.38 bits per heavy atom. The highest BCUT2D eigenvalue weighted by Gasteiger charge is 2.36. The Balaban J connectivity index is 1.27. The van der Waals surface area contributed by atoms with Crippen molar-refractivity contribution in [2.75, 3.05) is 25.0 Å². The summed E-state index contributed by atoms with van der Waals surface area (Å²) in [5.41, 5.74) is 3.20. The van der Waals surface area contributed by atoms with Gasteiger partial charge in [0.2, 0.25) is 0 Å². The second-order valence-electron chi connectivity index (χ2n) is 8.91. The maximum Gasteiger partial charge on any atom is 0.261 e. The normalized spacial score (nSPS) is 15.6. The molecule has 34 heavy (non-hydrogen) atoms. The number of anilines is 1. The van der Waals surface area contributed by atoms with Crippen LogP contribution in [0.2, 0.25) is 0 Å². The van der Waals surface area contributed by atoms with Crippen molar-refractivity contribution >= 4 is 23.4 Å². The van der Waals surface area contributed by atoms with E-state index in [1.807, 2.05) is 0 Å². The van der Waals surface area contributed by atoms with Gasteiger partial charge in [-0.3, -0.25) is 19.3 Å². The maximum absolute atomic E-state index is 13.1. The van der Waals surface area contributed by atoms with Crippen LogP contribution in [0.4, 0.5) is 5.69 Å². The molecule has 0 radical (unpaired) electrons. The first-order valence-corrected chi connectivity index (χ1v) is 11.6. The second kappa shape index (κ2) is 9.17. The highest BCUT2D eigenvalue weighted by atomic mass is 16.3. The van der Waals surface area contributed by atoms with Gasteiger partial charge in [0.15, 0.2) is 0 Å². The van der Waals surface area contributed by atoms with Crippen LogP contribution in [-0.2, 0) is 13.1 Å². The van der Waals surface area contributed by atoms with Gasteiger partial charge in [-0.1, -0.05) is 12.1 Å². The Morgan fingerprint density at radius 1 is 0.941 bits per heavy atom. The van der Waals surface area contributed by atoms with Crippen LogP contribution in [0.5, 0.6) is 0 Å². The minimum absolute atomic E-state index is 0.0654. The lowest BCUT2D eigenvalue weighted by Gasteiger charge is -2.29. The van der Waals surface area contributed by atoms with Crippen molar-refractivity contribution in [1.82, 2.24) is 9.80 Å².